The molecule has 0 bridgehead atoms. The molecule has 32 heavy (non-hydrogen) atoms. The predicted octanol–water partition coefficient (Wildman–Crippen LogP) is 6.17. The number of nitrogens with zero attached hydrogens (tertiary/aromatic N) is 2. The van der Waals surface area contributed by atoms with E-state index in [1.165, 1.54) is 0 Å². The Morgan fingerprint density at radius 1 is 0.938 bits per heavy atom. The van der Waals surface area contributed by atoms with Gasteiger partial charge in [-0.2, -0.15) is 0 Å². The van der Waals surface area contributed by atoms with Crippen molar-refractivity contribution in [1.29, 1.82) is 0 Å². The molecule has 5 nitrogen and oxygen atoms in total. The quantitative estimate of drug-likeness (QED) is 0.421. The summed E-state index contributed by atoms with van der Waals surface area (Å²) in [6.45, 7) is 2.16. The Kier molecular flexibility index (Phi) is 7.55. The molecule has 0 aromatic heterocycles. The number of rotatable bonds is 8. The highest BCUT2D eigenvalue weighted by atomic mass is 16.1. The summed E-state index contributed by atoms with van der Waals surface area (Å²) in [6, 6.07) is 21.4. The third kappa shape index (κ3) is 5.70. The molecule has 3 aromatic carbocycles. The first kappa shape index (κ1) is 22.9. The fourth-order valence-corrected chi connectivity index (χ4v) is 3.40. The molecule has 0 heterocycles. The van der Waals surface area contributed by atoms with Crippen molar-refractivity contribution in [2.24, 2.45) is 0 Å². The van der Waals surface area contributed by atoms with Crippen molar-refractivity contribution < 1.29 is 4.79 Å². The number of nitrogen functional groups attached to an aromatic ring is 1. The molecular formula is C27H32N4O. The average molecular weight is 429 g/mol. The molecular weight excluding hydrogens is 396 g/mol. The van der Waals surface area contributed by atoms with Crippen LogP contribution in [0.1, 0.15) is 35.7 Å². The number of benzene rings is 3. The number of amides is 1. The van der Waals surface area contributed by atoms with Gasteiger partial charge in [-0.15, -0.1) is 0 Å². The van der Waals surface area contributed by atoms with Gasteiger partial charge in [-0.05, 0) is 78.7 Å². The molecule has 0 saturated heterocycles. The minimum Gasteiger partial charge on any atom is -0.399 e. The van der Waals surface area contributed by atoms with Gasteiger partial charge < -0.3 is 20.9 Å². The molecule has 5 heteroatoms. The van der Waals surface area contributed by atoms with Crippen LogP contribution in [-0.2, 0) is 0 Å². The van der Waals surface area contributed by atoms with E-state index in [1.807, 2.05) is 92.8 Å². The highest BCUT2D eigenvalue weighted by Gasteiger charge is 2.12. The van der Waals surface area contributed by atoms with E-state index in [0.29, 0.717) is 5.56 Å². The van der Waals surface area contributed by atoms with E-state index in [-0.39, 0.29) is 5.91 Å². The lowest BCUT2D eigenvalue weighted by molar-refractivity contribution is 0.102. The maximum atomic E-state index is 12.8. The van der Waals surface area contributed by atoms with Crippen LogP contribution in [0.5, 0.6) is 0 Å². The van der Waals surface area contributed by atoms with Gasteiger partial charge in [0.15, 0.2) is 0 Å². The van der Waals surface area contributed by atoms with E-state index in [9.17, 15) is 4.79 Å². The van der Waals surface area contributed by atoms with Crippen LogP contribution in [0.2, 0.25) is 0 Å². The van der Waals surface area contributed by atoms with Crippen LogP contribution in [0.4, 0.5) is 28.4 Å². The summed E-state index contributed by atoms with van der Waals surface area (Å²) in [7, 11) is 5.99. The zero-order valence-corrected chi connectivity index (χ0v) is 19.3. The highest BCUT2D eigenvalue weighted by Crippen LogP contribution is 2.31. The molecule has 0 aliphatic carbocycles. The second-order valence-electron chi connectivity index (χ2n) is 8.01. The third-order valence-electron chi connectivity index (χ3n) is 5.33. The first-order chi connectivity index (χ1) is 15.4. The Morgan fingerprint density at radius 3 is 2.22 bits per heavy atom. The molecule has 166 valence electrons. The average Bonchev–Trinajstić information content (AvgIpc) is 2.79. The van der Waals surface area contributed by atoms with Crippen LogP contribution in [0.3, 0.4) is 0 Å². The Bertz CT molecular complexity index is 1070. The van der Waals surface area contributed by atoms with Gasteiger partial charge in [0, 0.05) is 55.1 Å². The standard InChI is InChI=1S/C27H32N4O/c1-5-6-7-8-21-19-23(29-27(32)20-9-14-24(15-10-20)30(2)3)13-18-26(21)31(4)25-16-11-22(28)12-17-25/h7-19H,5-6,28H2,1-4H3,(H,29,32)/b8-7+. The van der Waals surface area contributed by atoms with Crippen molar-refractivity contribution in [3.63, 3.8) is 0 Å². The molecule has 1 amide bonds. The predicted molar refractivity (Wildman–Crippen MR) is 138 cm³/mol. The zero-order valence-electron chi connectivity index (χ0n) is 19.3. The van der Waals surface area contributed by atoms with Gasteiger partial charge in [0.05, 0.1) is 0 Å². The third-order valence-corrected chi connectivity index (χ3v) is 5.33. The van der Waals surface area contributed by atoms with Gasteiger partial charge >= 0.3 is 0 Å². The number of hydrogen-bond donors (Lipinski definition) is 2. The maximum absolute atomic E-state index is 12.8. The Morgan fingerprint density at radius 2 is 1.59 bits per heavy atom. The number of allylic oxidation sites excluding steroid dienone is 1. The fourth-order valence-electron chi connectivity index (χ4n) is 3.40. The minimum atomic E-state index is -0.126. The summed E-state index contributed by atoms with van der Waals surface area (Å²) < 4.78 is 0. The van der Waals surface area contributed by atoms with E-state index < -0.39 is 0 Å². The first-order valence-corrected chi connectivity index (χ1v) is 10.9. The summed E-state index contributed by atoms with van der Waals surface area (Å²) in [4.78, 5) is 16.9. The van der Waals surface area contributed by atoms with Gasteiger partial charge in [0.2, 0.25) is 0 Å². The second-order valence-corrected chi connectivity index (χ2v) is 8.01. The molecule has 3 aromatic rings. The van der Waals surface area contributed by atoms with E-state index in [0.717, 1.165) is 46.8 Å². The lowest BCUT2D eigenvalue weighted by Gasteiger charge is -2.23. The van der Waals surface area contributed by atoms with E-state index in [4.69, 9.17) is 5.73 Å². The van der Waals surface area contributed by atoms with Crippen LogP contribution in [0.15, 0.2) is 72.8 Å². The lowest BCUT2D eigenvalue weighted by atomic mass is 10.1. The van der Waals surface area contributed by atoms with Gasteiger partial charge in [-0.25, -0.2) is 0 Å². The zero-order chi connectivity index (χ0) is 23.1. The van der Waals surface area contributed by atoms with Gasteiger partial charge in [0.1, 0.15) is 0 Å². The van der Waals surface area contributed by atoms with Crippen LogP contribution < -0.4 is 20.9 Å². The van der Waals surface area contributed by atoms with Crippen LogP contribution in [-0.4, -0.2) is 27.1 Å². The topological polar surface area (TPSA) is 61.6 Å². The van der Waals surface area contributed by atoms with Gasteiger partial charge in [0.25, 0.3) is 5.91 Å². The number of nitrogens with one attached hydrogen (secondary N) is 1. The normalized spacial score (nSPS) is 10.9. The van der Waals surface area contributed by atoms with E-state index in [1.54, 1.807) is 0 Å². The molecule has 0 aliphatic rings. The van der Waals surface area contributed by atoms with E-state index in [2.05, 4.69) is 29.3 Å². The largest absolute Gasteiger partial charge is 0.399 e. The summed E-state index contributed by atoms with van der Waals surface area (Å²) in [5.41, 5.74) is 12.2. The molecule has 0 unspecified atom stereocenters. The lowest BCUT2D eigenvalue weighted by Crippen LogP contribution is -2.14. The number of hydrogen-bond acceptors (Lipinski definition) is 4. The SMILES string of the molecule is CCC/C=C/c1cc(NC(=O)c2ccc(N(C)C)cc2)ccc1N(C)c1ccc(N)cc1. The molecule has 0 aliphatic heterocycles. The number of carbonyl (C=O) groups excluding carboxylic acids is 1. The van der Waals surface area contributed by atoms with Crippen LogP contribution in [0, 0.1) is 0 Å². The van der Waals surface area contributed by atoms with Crippen molar-refractivity contribution in [3.05, 3.63) is 83.9 Å². The minimum absolute atomic E-state index is 0.126. The number of nitrogens with two attached hydrogens (primary N) is 1. The van der Waals surface area contributed by atoms with Crippen LogP contribution in [0.25, 0.3) is 6.08 Å². The monoisotopic (exact) mass is 428 g/mol. The number of carbonyl (C=O) groups is 1. The van der Waals surface area contributed by atoms with Crippen molar-refractivity contribution >= 4 is 40.4 Å². The molecule has 0 atom stereocenters. The first-order valence-electron chi connectivity index (χ1n) is 10.9. The maximum Gasteiger partial charge on any atom is 0.255 e. The summed E-state index contributed by atoms with van der Waals surface area (Å²) in [5.74, 6) is -0.126. The molecule has 0 fully saturated rings. The van der Waals surface area contributed by atoms with Gasteiger partial charge in [-0.1, -0.05) is 25.5 Å². The van der Waals surface area contributed by atoms with Gasteiger partial charge in [-0.3, -0.25) is 4.79 Å². The summed E-state index contributed by atoms with van der Waals surface area (Å²) in [5, 5.41) is 3.03. The summed E-state index contributed by atoms with van der Waals surface area (Å²) in [6.07, 6.45) is 6.37. The fraction of sp³-hybridized carbons (Fsp3) is 0.222. The molecule has 0 spiro atoms. The Labute approximate surface area is 191 Å². The molecule has 3 N–H and O–H groups in total. The number of unbranched alkanes of at least 4 members (excludes halogenated alkanes) is 1. The van der Waals surface area contributed by atoms with Crippen LogP contribution >= 0.6 is 0 Å². The summed E-state index contributed by atoms with van der Waals surface area (Å²) >= 11 is 0. The van der Waals surface area contributed by atoms with Crippen molar-refractivity contribution in [3.8, 4) is 0 Å². The molecule has 0 radical (unpaired) electrons. The van der Waals surface area contributed by atoms with E-state index >= 15 is 0 Å². The van der Waals surface area contributed by atoms with Crippen molar-refractivity contribution in [1.82, 2.24) is 0 Å². The smallest absolute Gasteiger partial charge is 0.255 e. The molecule has 3 rings (SSSR count). The number of anilines is 5. The van der Waals surface area contributed by atoms with Crippen molar-refractivity contribution in [2.45, 2.75) is 19.8 Å². The Balaban J connectivity index is 1.86. The molecule has 0 saturated carbocycles. The Hall–Kier alpha value is -3.73. The van der Waals surface area contributed by atoms with Crippen molar-refractivity contribution in [2.75, 3.05) is 42.0 Å². The highest BCUT2D eigenvalue weighted by molar-refractivity contribution is 6.04. The second kappa shape index (κ2) is 10.5.